The van der Waals surface area contributed by atoms with Gasteiger partial charge in [-0.25, -0.2) is 0 Å². The number of thioether (sulfide) groups is 1. The lowest BCUT2D eigenvalue weighted by Gasteiger charge is -2.06. The van der Waals surface area contributed by atoms with Gasteiger partial charge in [0.15, 0.2) is 0 Å². The van der Waals surface area contributed by atoms with Crippen LogP contribution in [-0.2, 0) is 4.74 Å². The van der Waals surface area contributed by atoms with E-state index in [1.54, 1.807) is 0 Å². The highest BCUT2D eigenvalue weighted by Crippen LogP contribution is 2.06. The van der Waals surface area contributed by atoms with Gasteiger partial charge >= 0.3 is 0 Å². The van der Waals surface area contributed by atoms with Crippen LogP contribution in [0, 0.1) is 5.92 Å². The van der Waals surface area contributed by atoms with Crippen LogP contribution < -0.4 is 5.73 Å². The topological polar surface area (TPSA) is 35.2 Å². The molecule has 0 spiro atoms. The van der Waals surface area contributed by atoms with Crippen molar-refractivity contribution in [2.75, 3.05) is 31.3 Å². The standard InChI is InChI=1S/C8H19NOS/c1-3-10-4-5-11-7-8(2)6-9/h8H,3-7,9H2,1-2H3. The van der Waals surface area contributed by atoms with Gasteiger partial charge in [0.25, 0.3) is 0 Å². The second kappa shape index (κ2) is 8.37. The molecule has 0 aliphatic carbocycles. The average molecular weight is 177 g/mol. The maximum atomic E-state index is 5.47. The first-order valence-corrected chi connectivity index (χ1v) is 5.32. The van der Waals surface area contributed by atoms with Crippen LogP contribution in [-0.4, -0.2) is 31.3 Å². The summed E-state index contributed by atoms with van der Waals surface area (Å²) < 4.78 is 5.20. The van der Waals surface area contributed by atoms with Crippen molar-refractivity contribution in [3.63, 3.8) is 0 Å². The Bertz CT molecular complexity index is 80.5. The fourth-order valence-corrected chi connectivity index (χ4v) is 1.56. The van der Waals surface area contributed by atoms with Crippen molar-refractivity contribution in [2.24, 2.45) is 11.7 Å². The predicted octanol–water partition coefficient (Wildman–Crippen LogP) is 1.35. The van der Waals surface area contributed by atoms with Crippen LogP contribution in [0.4, 0.5) is 0 Å². The molecule has 1 atom stereocenters. The lowest BCUT2D eigenvalue weighted by molar-refractivity contribution is 0.164. The second-order valence-corrected chi connectivity index (χ2v) is 3.76. The molecule has 1 unspecified atom stereocenters. The zero-order chi connectivity index (χ0) is 8.53. The second-order valence-electron chi connectivity index (χ2n) is 2.61. The van der Waals surface area contributed by atoms with E-state index in [0.29, 0.717) is 5.92 Å². The summed E-state index contributed by atoms with van der Waals surface area (Å²) in [6, 6.07) is 0. The molecule has 0 aliphatic heterocycles. The van der Waals surface area contributed by atoms with Crippen molar-refractivity contribution in [2.45, 2.75) is 13.8 Å². The summed E-state index contributed by atoms with van der Waals surface area (Å²) in [5.41, 5.74) is 5.47. The van der Waals surface area contributed by atoms with Crippen molar-refractivity contribution in [1.82, 2.24) is 0 Å². The van der Waals surface area contributed by atoms with Crippen molar-refractivity contribution in [3.05, 3.63) is 0 Å². The summed E-state index contributed by atoms with van der Waals surface area (Å²) >= 11 is 1.92. The molecule has 2 nitrogen and oxygen atoms in total. The summed E-state index contributed by atoms with van der Waals surface area (Å²) in [5.74, 6) is 2.89. The molecule has 0 radical (unpaired) electrons. The molecule has 3 heteroatoms. The smallest absolute Gasteiger partial charge is 0.0556 e. The van der Waals surface area contributed by atoms with Crippen molar-refractivity contribution >= 4 is 11.8 Å². The van der Waals surface area contributed by atoms with Crippen molar-refractivity contribution < 1.29 is 4.74 Å². The summed E-state index contributed by atoms with van der Waals surface area (Å²) in [6.45, 7) is 6.69. The molecule has 0 fully saturated rings. The third-order valence-corrected chi connectivity index (χ3v) is 2.64. The molecule has 0 saturated heterocycles. The lowest BCUT2D eigenvalue weighted by Crippen LogP contribution is -2.13. The van der Waals surface area contributed by atoms with Gasteiger partial charge < -0.3 is 10.5 Å². The fraction of sp³-hybridized carbons (Fsp3) is 1.00. The van der Waals surface area contributed by atoms with Crippen LogP contribution in [0.1, 0.15) is 13.8 Å². The van der Waals surface area contributed by atoms with E-state index in [4.69, 9.17) is 10.5 Å². The molecule has 0 bridgehead atoms. The third-order valence-electron chi connectivity index (χ3n) is 1.38. The van der Waals surface area contributed by atoms with Crippen LogP contribution in [0.25, 0.3) is 0 Å². The number of hydrogen-bond donors (Lipinski definition) is 1. The van der Waals surface area contributed by atoms with E-state index < -0.39 is 0 Å². The number of ether oxygens (including phenoxy) is 1. The van der Waals surface area contributed by atoms with Crippen LogP contribution in [0.2, 0.25) is 0 Å². The summed E-state index contributed by atoms with van der Waals surface area (Å²) in [5, 5.41) is 0. The van der Waals surface area contributed by atoms with Crippen molar-refractivity contribution in [1.29, 1.82) is 0 Å². The van der Waals surface area contributed by atoms with Crippen LogP contribution >= 0.6 is 11.8 Å². The molecular formula is C8H19NOS. The highest BCUT2D eigenvalue weighted by molar-refractivity contribution is 7.99. The highest BCUT2D eigenvalue weighted by atomic mass is 32.2. The van der Waals surface area contributed by atoms with Gasteiger partial charge in [0.1, 0.15) is 0 Å². The Balaban J connectivity index is 2.89. The van der Waals surface area contributed by atoms with Gasteiger partial charge in [-0.15, -0.1) is 0 Å². The molecule has 0 aromatic rings. The molecule has 2 N–H and O–H groups in total. The summed E-state index contributed by atoms with van der Waals surface area (Å²) in [7, 11) is 0. The average Bonchev–Trinajstić information content (AvgIpc) is 2.04. The first kappa shape index (κ1) is 11.3. The van der Waals surface area contributed by atoms with E-state index >= 15 is 0 Å². The Hall–Kier alpha value is 0.270. The Morgan fingerprint density at radius 1 is 1.55 bits per heavy atom. The number of nitrogens with two attached hydrogens (primary N) is 1. The largest absolute Gasteiger partial charge is 0.381 e. The molecule has 68 valence electrons. The quantitative estimate of drug-likeness (QED) is 0.596. The van der Waals surface area contributed by atoms with E-state index in [2.05, 4.69) is 6.92 Å². The van der Waals surface area contributed by atoms with E-state index in [1.807, 2.05) is 18.7 Å². The SMILES string of the molecule is CCOCCSCC(C)CN. The zero-order valence-electron chi connectivity index (χ0n) is 7.51. The predicted molar refractivity (Wildman–Crippen MR) is 52.0 cm³/mol. The van der Waals surface area contributed by atoms with Gasteiger partial charge in [0.2, 0.25) is 0 Å². The van der Waals surface area contributed by atoms with Crippen LogP contribution in [0.3, 0.4) is 0 Å². The summed E-state index contributed by atoms with van der Waals surface area (Å²) in [6.07, 6.45) is 0. The summed E-state index contributed by atoms with van der Waals surface area (Å²) in [4.78, 5) is 0. The van der Waals surface area contributed by atoms with Gasteiger partial charge in [-0.1, -0.05) is 6.92 Å². The van der Waals surface area contributed by atoms with E-state index in [1.165, 1.54) is 0 Å². The lowest BCUT2D eigenvalue weighted by atomic mass is 10.2. The van der Waals surface area contributed by atoms with E-state index in [0.717, 1.165) is 31.3 Å². The first-order valence-electron chi connectivity index (χ1n) is 4.16. The maximum Gasteiger partial charge on any atom is 0.0556 e. The Kier molecular flexibility index (Phi) is 8.57. The Morgan fingerprint density at radius 3 is 2.82 bits per heavy atom. The van der Waals surface area contributed by atoms with Crippen molar-refractivity contribution in [3.8, 4) is 0 Å². The molecule has 0 saturated carbocycles. The van der Waals surface area contributed by atoms with E-state index in [9.17, 15) is 0 Å². The zero-order valence-corrected chi connectivity index (χ0v) is 8.32. The Morgan fingerprint density at radius 2 is 2.27 bits per heavy atom. The van der Waals surface area contributed by atoms with Gasteiger partial charge in [-0.2, -0.15) is 11.8 Å². The monoisotopic (exact) mass is 177 g/mol. The number of rotatable bonds is 7. The molecule has 0 aromatic heterocycles. The van der Waals surface area contributed by atoms with Gasteiger partial charge in [0, 0.05) is 12.4 Å². The van der Waals surface area contributed by atoms with Gasteiger partial charge in [0.05, 0.1) is 6.61 Å². The van der Waals surface area contributed by atoms with E-state index in [-0.39, 0.29) is 0 Å². The molecular weight excluding hydrogens is 158 g/mol. The highest BCUT2D eigenvalue weighted by Gasteiger charge is 1.97. The normalized spacial score (nSPS) is 13.4. The minimum absolute atomic E-state index is 0.640. The minimum Gasteiger partial charge on any atom is -0.381 e. The first-order chi connectivity index (χ1) is 5.31. The minimum atomic E-state index is 0.640. The Labute approximate surface area is 73.9 Å². The molecule has 0 amide bonds. The molecule has 0 rings (SSSR count). The molecule has 11 heavy (non-hydrogen) atoms. The fourth-order valence-electron chi connectivity index (χ4n) is 0.615. The number of hydrogen-bond acceptors (Lipinski definition) is 3. The molecule has 0 heterocycles. The third kappa shape index (κ3) is 8.17. The van der Waals surface area contributed by atoms with Crippen LogP contribution in [0.15, 0.2) is 0 Å². The van der Waals surface area contributed by atoms with Crippen LogP contribution in [0.5, 0.6) is 0 Å². The van der Waals surface area contributed by atoms with Gasteiger partial charge in [-0.3, -0.25) is 0 Å². The maximum absolute atomic E-state index is 5.47. The van der Waals surface area contributed by atoms with Gasteiger partial charge in [-0.05, 0) is 25.1 Å². The molecule has 0 aromatic carbocycles. The molecule has 0 aliphatic rings.